The SMILES string of the molecule is COc1cccc(C2/C(=C(/O)c3cccc(OC(C)C)c3)C(=O)C(=O)N2c2ccccc2O)c1. The zero-order valence-electron chi connectivity index (χ0n) is 19.1. The second-order valence-electron chi connectivity index (χ2n) is 8.13. The highest BCUT2D eigenvalue weighted by molar-refractivity contribution is 6.51. The highest BCUT2D eigenvalue weighted by Crippen LogP contribution is 2.45. The molecule has 0 aromatic heterocycles. The van der Waals surface area contributed by atoms with Crippen molar-refractivity contribution in [2.24, 2.45) is 0 Å². The van der Waals surface area contributed by atoms with Gasteiger partial charge in [-0.2, -0.15) is 0 Å². The minimum absolute atomic E-state index is 0.0826. The Kier molecular flexibility index (Phi) is 6.27. The maximum atomic E-state index is 13.3. The van der Waals surface area contributed by atoms with Crippen LogP contribution in [0.1, 0.15) is 31.0 Å². The van der Waals surface area contributed by atoms with Crippen LogP contribution in [0.3, 0.4) is 0 Å². The van der Waals surface area contributed by atoms with Crippen LogP contribution in [0.15, 0.2) is 78.4 Å². The molecule has 1 heterocycles. The number of para-hydroxylation sites is 2. The van der Waals surface area contributed by atoms with E-state index in [1.165, 1.54) is 18.1 Å². The Morgan fingerprint density at radius 2 is 1.65 bits per heavy atom. The van der Waals surface area contributed by atoms with Crippen LogP contribution < -0.4 is 14.4 Å². The Bertz CT molecular complexity index is 1280. The van der Waals surface area contributed by atoms with Crippen LogP contribution in [0.2, 0.25) is 0 Å². The van der Waals surface area contributed by atoms with Gasteiger partial charge in [0, 0.05) is 5.56 Å². The predicted octanol–water partition coefficient (Wildman–Crippen LogP) is 4.81. The smallest absolute Gasteiger partial charge is 0.300 e. The Morgan fingerprint density at radius 3 is 2.35 bits per heavy atom. The summed E-state index contributed by atoms with van der Waals surface area (Å²) < 4.78 is 11.1. The standard InChI is InChI=1S/C27H25NO6/c1-16(2)34-20-11-7-9-18(15-20)25(30)23-24(17-8-6-10-19(14-17)33-3)28(27(32)26(23)31)21-12-4-5-13-22(21)29/h4-16,24,29-30H,1-3H3/b25-23-. The van der Waals surface area contributed by atoms with Crippen LogP contribution in [0.4, 0.5) is 5.69 Å². The van der Waals surface area contributed by atoms with Crippen molar-refractivity contribution >= 4 is 23.1 Å². The quantitative estimate of drug-likeness (QED) is 0.312. The molecule has 0 aliphatic carbocycles. The van der Waals surface area contributed by atoms with Gasteiger partial charge in [0.15, 0.2) is 0 Å². The first-order valence-electron chi connectivity index (χ1n) is 10.8. The first-order chi connectivity index (χ1) is 16.3. The van der Waals surface area contributed by atoms with E-state index in [0.29, 0.717) is 22.6 Å². The van der Waals surface area contributed by atoms with Crippen molar-refractivity contribution in [3.05, 3.63) is 89.5 Å². The number of ether oxygens (including phenoxy) is 2. The summed E-state index contributed by atoms with van der Waals surface area (Å²) in [5, 5.41) is 21.8. The Morgan fingerprint density at radius 1 is 0.941 bits per heavy atom. The van der Waals surface area contributed by atoms with Crippen LogP contribution in [-0.4, -0.2) is 35.1 Å². The molecular formula is C27H25NO6. The first-order valence-corrected chi connectivity index (χ1v) is 10.8. The van der Waals surface area contributed by atoms with Crippen LogP contribution in [0.5, 0.6) is 17.2 Å². The molecule has 1 fully saturated rings. The lowest BCUT2D eigenvalue weighted by atomic mass is 9.95. The van der Waals surface area contributed by atoms with E-state index in [0.717, 1.165) is 0 Å². The summed E-state index contributed by atoms with van der Waals surface area (Å²) in [6.45, 7) is 3.76. The van der Waals surface area contributed by atoms with Gasteiger partial charge in [0.05, 0.1) is 30.5 Å². The van der Waals surface area contributed by atoms with Crippen LogP contribution in [0.25, 0.3) is 5.76 Å². The number of hydrogen-bond acceptors (Lipinski definition) is 6. The van der Waals surface area contributed by atoms with E-state index in [2.05, 4.69) is 0 Å². The third-order valence-corrected chi connectivity index (χ3v) is 5.47. The Labute approximate surface area is 197 Å². The molecule has 1 amide bonds. The van der Waals surface area contributed by atoms with Gasteiger partial charge in [-0.15, -0.1) is 0 Å². The lowest BCUT2D eigenvalue weighted by molar-refractivity contribution is -0.132. The number of Topliss-reactive ketones (excluding diaryl/α,β-unsaturated/α-hetero) is 1. The highest BCUT2D eigenvalue weighted by Gasteiger charge is 2.47. The Hall–Kier alpha value is -4.26. The number of methoxy groups -OCH3 is 1. The van der Waals surface area contributed by atoms with E-state index < -0.39 is 17.7 Å². The van der Waals surface area contributed by atoms with E-state index in [1.54, 1.807) is 66.7 Å². The number of aromatic hydroxyl groups is 1. The molecule has 0 bridgehead atoms. The summed E-state index contributed by atoms with van der Waals surface area (Å²) in [4.78, 5) is 27.7. The molecule has 7 nitrogen and oxygen atoms in total. The topological polar surface area (TPSA) is 96.3 Å². The summed E-state index contributed by atoms with van der Waals surface area (Å²) in [7, 11) is 1.51. The van der Waals surface area contributed by atoms with Gasteiger partial charge >= 0.3 is 0 Å². The Balaban J connectivity index is 1.94. The zero-order chi connectivity index (χ0) is 24.4. The number of rotatable bonds is 6. The van der Waals surface area contributed by atoms with Crippen LogP contribution in [-0.2, 0) is 9.59 Å². The number of aliphatic hydroxyl groups excluding tert-OH is 1. The summed E-state index contributed by atoms with van der Waals surface area (Å²) in [5.41, 5.74) is 0.941. The number of carbonyl (C=O) groups excluding carboxylic acids is 2. The lowest BCUT2D eigenvalue weighted by Crippen LogP contribution is -2.29. The van der Waals surface area contributed by atoms with E-state index in [-0.39, 0.29) is 28.9 Å². The maximum Gasteiger partial charge on any atom is 0.300 e. The fourth-order valence-electron chi connectivity index (χ4n) is 4.02. The van der Waals surface area contributed by atoms with Crippen molar-refractivity contribution in [3.8, 4) is 17.2 Å². The molecule has 1 aliphatic rings. The average molecular weight is 459 g/mol. The van der Waals surface area contributed by atoms with Crippen molar-refractivity contribution in [1.29, 1.82) is 0 Å². The number of carbonyl (C=O) groups is 2. The van der Waals surface area contributed by atoms with Gasteiger partial charge in [-0.3, -0.25) is 14.5 Å². The molecule has 2 N–H and O–H groups in total. The monoisotopic (exact) mass is 459 g/mol. The number of amides is 1. The van der Waals surface area contributed by atoms with Crippen molar-refractivity contribution in [3.63, 3.8) is 0 Å². The molecular weight excluding hydrogens is 434 g/mol. The minimum atomic E-state index is -0.988. The summed E-state index contributed by atoms with van der Waals surface area (Å²) in [6.07, 6.45) is -0.0826. The van der Waals surface area contributed by atoms with Gasteiger partial charge in [-0.25, -0.2) is 0 Å². The van der Waals surface area contributed by atoms with Gasteiger partial charge in [0.1, 0.15) is 23.0 Å². The molecule has 1 saturated heterocycles. The highest BCUT2D eigenvalue weighted by atomic mass is 16.5. The third kappa shape index (κ3) is 4.20. The molecule has 0 saturated carbocycles. The van der Waals surface area contributed by atoms with Gasteiger partial charge < -0.3 is 19.7 Å². The fraction of sp³-hybridized carbons (Fsp3) is 0.185. The molecule has 0 spiro atoms. The molecule has 4 rings (SSSR count). The number of hydrogen-bond donors (Lipinski definition) is 2. The number of phenolic OH excluding ortho intramolecular Hbond substituents is 1. The van der Waals surface area contributed by atoms with Crippen molar-refractivity contribution in [2.45, 2.75) is 26.0 Å². The van der Waals surface area contributed by atoms with E-state index in [9.17, 15) is 19.8 Å². The van der Waals surface area contributed by atoms with Gasteiger partial charge in [-0.1, -0.05) is 36.4 Å². The molecule has 3 aromatic carbocycles. The van der Waals surface area contributed by atoms with Gasteiger partial charge in [0.2, 0.25) is 0 Å². The third-order valence-electron chi connectivity index (χ3n) is 5.47. The normalized spacial score (nSPS) is 17.3. The second-order valence-corrected chi connectivity index (χ2v) is 8.13. The molecule has 34 heavy (non-hydrogen) atoms. The number of benzene rings is 3. The average Bonchev–Trinajstić information content (AvgIpc) is 3.09. The summed E-state index contributed by atoms with van der Waals surface area (Å²) in [6, 6.07) is 18.9. The summed E-state index contributed by atoms with van der Waals surface area (Å²) in [5.74, 6) is -1.17. The summed E-state index contributed by atoms with van der Waals surface area (Å²) >= 11 is 0. The lowest BCUT2D eigenvalue weighted by Gasteiger charge is -2.26. The molecule has 3 aromatic rings. The molecule has 7 heteroatoms. The molecule has 1 aliphatic heterocycles. The van der Waals surface area contributed by atoms with Crippen molar-refractivity contribution in [1.82, 2.24) is 0 Å². The van der Waals surface area contributed by atoms with E-state index in [1.807, 2.05) is 13.8 Å². The molecule has 1 unspecified atom stereocenters. The predicted molar refractivity (Wildman–Crippen MR) is 128 cm³/mol. The second kappa shape index (κ2) is 9.31. The number of ketones is 1. The van der Waals surface area contributed by atoms with Crippen molar-refractivity contribution < 1.29 is 29.3 Å². The van der Waals surface area contributed by atoms with Gasteiger partial charge in [-0.05, 0) is 55.8 Å². The largest absolute Gasteiger partial charge is 0.507 e. The zero-order valence-corrected chi connectivity index (χ0v) is 19.1. The molecule has 1 atom stereocenters. The van der Waals surface area contributed by atoms with E-state index >= 15 is 0 Å². The van der Waals surface area contributed by atoms with Gasteiger partial charge in [0.25, 0.3) is 11.7 Å². The number of anilines is 1. The number of phenols is 1. The first kappa shape index (κ1) is 22.9. The van der Waals surface area contributed by atoms with Crippen molar-refractivity contribution in [2.75, 3.05) is 12.0 Å². The van der Waals surface area contributed by atoms with Crippen LogP contribution >= 0.6 is 0 Å². The number of aliphatic hydroxyl groups is 1. The molecule has 0 radical (unpaired) electrons. The van der Waals surface area contributed by atoms with Crippen LogP contribution in [0, 0.1) is 0 Å². The minimum Gasteiger partial charge on any atom is -0.507 e. The number of nitrogens with zero attached hydrogens (tertiary/aromatic N) is 1. The fourth-order valence-corrected chi connectivity index (χ4v) is 4.02. The molecule has 174 valence electrons. The van der Waals surface area contributed by atoms with E-state index in [4.69, 9.17) is 9.47 Å². The maximum absolute atomic E-state index is 13.3.